The van der Waals surface area contributed by atoms with Crippen molar-refractivity contribution in [2.75, 3.05) is 13.7 Å². The Balaban J connectivity index is 2.03. The van der Waals surface area contributed by atoms with Crippen molar-refractivity contribution in [1.29, 1.82) is 0 Å². The van der Waals surface area contributed by atoms with Crippen molar-refractivity contribution in [1.82, 2.24) is 5.32 Å². The third-order valence-electron chi connectivity index (χ3n) is 3.26. The molecule has 5 heteroatoms. The molecule has 0 saturated heterocycles. The molecule has 2 aromatic rings. The van der Waals surface area contributed by atoms with Crippen LogP contribution in [0.2, 0.25) is 5.02 Å². The predicted octanol–water partition coefficient (Wildman–Crippen LogP) is 4.07. The molecule has 0 saturated carbocycles. The first-order valence-electron chi connectivity index (χ1n) is 7.48. The van der Waals surface area contributed by atoms with E-state index in [0.717, 1.165) is 12.0 Å². The fraction of sp³-hybridized carbons (Fsp3) is 0.278. The van der Waals surface area contributed by atoms with E-state index >= 15 is 0 Å². The quantitative estimate of drug-likeness (QED) is 0.831. The van der Waals surface area contributed by atoms with Crippen LogP contribution in [0.25, 0.3) is 0 Å². The van der Waals surface area contributed by atoms with Crippen LogP contribution in [0.5, 0.6) is 11.5 Å². The van der Waals surface area contributed by atoms with Crippen molar-refractivity contribution in [3.63, 3.8) is 0 Å². The molecule has 0 spiro atoms. The van der Waals surface area contributed by atoms with Crippen LogP contribution in [0.15, 0.2) is 42.5 Å². The number of hydrogen-bond donors (Lipinski definition) is 1. The van der Waals surface area contributed by atoms with Crippen LogP contribution in [0.3, 0.4) is 0 Å². The van der Waals surface area contributed by atoms with E-state index in [2.05, 4.69) is 5.32 Å². The monoisotopic (exact) mass is 333 g/mol. The summed E-state index contributed by atoms with van der Waals surface area (Å²) >= 11 is 6.02. The molecule has 0 aliphatic heterocycles. The third-order valence-corrected chi connectivity index (χ3v) is 3.59. The molecule has 0 atom stereocenters. The first-order chi connectivity index (χ1) is 11.2. The molecule has 0 aliphatic carbocycles. The Labute approximate surface area is 141 Å². The zero-order valence-corrected chi connectivity index (χ0v) is 14.0. The maximum Gasteiger partial charge on any atom is 0.253 e. The first-order valence-corrected chi connectivity index (χ1v) is 7.86. The predicted molar refractivity (Wildman–Crippen MR) is 91.4 cm³/mol. The highest BCUT2D eigenvalue weighted by atomic mass is 35.5. The molecule has 2 aromatic carbocycles. The second-order valence-electron chi connectivity index (χ2n) is 5.00. The van der Waals surface area contributed by atoms with E-state index in [9.17, 15) is 4.79 Å². The lowest BCUT2D eigenvalue weighted by Gasteiger charge is -2.12. The number of methoxy groups -OCH3 is 1. The number of nitrogens with one attached hydrogen (secondary N) is 1. The molecule has 1 amide bonds. The number of carbonyl (C=O) groups excluding carboxylic acids is 1. The number of amides is 1. The van der Waals surface area contributed by atoms with E-state index in [1.807, 2.05) is 25.1 Å². The molecule has 0 fully saturated rings. The minimum absolute atomic E-state index is 0.208. The van der Waals surface area contributed by atoms with Gasteiger partial charge in [-0.3, -0.25) is 4.79 Å². The number of benzene rings is 2. The molecule has 0 radical (unpaired) electrons. The Morgan fingerprint density at radius 3 is 2.65 bits per heavy atom. The summed E-state index contributed by atoms with van der Waals surface area (Å²) in [5.41, 5.74) is 1.38. The highest BCUT2D eigenvalue weighted by Gasteiger charge is 2.10. The lowest BCUT2D eigenvalue weighted by atomic mass is 10.1. The van der Waals surface area contributed by atoms with Gasteiger partial charge >= 0.3 is 0 Å². The number of hydrogen-bond acceptors (Lipinski definition) is 3. The molecule has 23 heavy (non-hydrogen) atoms. The number of carbonyl (C=O) groups is 1. The molecule has 0 heterocycles. The second kappa shape index (κ2) is 8.44. The van der Waals surface area contributed by atoms with Gasteiger partial charge in [0.15, 0.2) is 11.5 Å². The summed E-state index contributed by atoms with van der Waals surface area (Å²) in [6.45, 7) is 3.07. The highest BCUT2D eigenvalue weighted by molar-refractivity contribution is 6.33. The molecular formula is C18H20ClNO3. The molecular weight excluding hydrogens is 314 g/mol. The van der Waals surface area contributed by atoms with Crippen molar-refractivity contribution >= 4 is 17.5 Å². The second-order valence-corrected chi connectivity index (χ2v) is 5.40. The van der Waals surface area contributed by atoms with Gasteiger partial charge in [-0.15, -0.1) is 0 Å². The van der Waals surface area contributed by atoms with Crippen LogP contribution in [0.1, 0.15) is 29.3 Å². The lowest BCUT2D eigenvalue weighted by molar-refractivity contribution is 0.0951. The van der Waals surface area contributed by atoms with Gasteiger partial charge in [-0.1, -0.05) is 36.7 Å². The Morgan fingerprint density at radius 2 is 1.96 bits per heavy atom. The minimum atomic E-state index is -0.208. The fourth-order valence-electron chi connectivity index (χ4n) is 2.08. The SMILES string of the molecule is CCCOc1ccc(CNC(=O)c2ccccc2Cl)cc1OC. The van der Waals surface area contributed by atoms with Crippen LogP contribution >= 0.6 is 11.6 Å². The van der Waals surface area contributed by atoms with E-state index in [0.29, 0.717) is 35.2 Å². The smallest absolute Gasteiger partial charge is 0.253 e. The van der Waals surface area contributed by atoms with Crippen LogP contribution in [0, 0.1) is 0 Å². The van der Waals surface area contributed by atoms with Crippen LogP contribution in [-0.2, 0) is 6.54 Å². The molecule has 0 unspecified atom stereocenters. The Kier molecular flexibility index (Phi) is 6.29. The average molecular weight is 334 g/mol. The van der Waals surface area contributed by atoms with E-state index in [4.69, 9.17) is 21.1 Å². The maximum absolute atomic E-state index is 12.2. The summed E-state index contributed by atoms with van der Waals surface area (Å²) < 4.78 is 10.9. The summed E-state index contributed by atoms with van der Waals surface area (Å²) in [6.07, 6.45) is 0.929. The fourth-order valence-corrected chi connectivity index (χ4v) is 2.30. The Hall–Kier alpha value is -2.20. The number of rotatable bonds is 7. The summed E-state index contributed by atoms with van der Waals surface area (Å²) in [4.78, 5) is 12.2. The topological polar surface area (TPSA) is 47.6 Å². The molecule has 122 valence electrons. The standard InChI is InChI=1S/C18H20ClNO3/c1-3-10-23-16-9-8-13(11-17(16)22-2)12-20-18(21)14-6-4-5-7-15(14)19/h4-9,11H,3,10,12H2,1-2H3,(H,20,21). The minimum Gasteiger partial charge on any atom is -0.493 e. The van der Waals surface area contributed by atoms with Gasteiger partial charge in [0.1, 0.15) is 0 Å². The van der Waals surface area contributed by atoms with Gasteiger partial charge in [0, 0.05) is 6.54 Å². The van der Waals surface area contributed by atoms with Gasteiger partial charge in [-0.2, -0.15) is 0 Å². The van der Waals surface area contributed by atoms with Gasteiger partial charge in [0.25, 0.3) is 5.91 Å². The van der Waals surface area contributed by atoms with E-state index in [1.54, 1.807) is 31.4 Å². The van der Waals surface area contributed by atoms with Gasteiger partial charge in [-0.05, 0) is 36.2 Å². The average Bonchev–Trinajstić information content (AvgIpc) is 2.58. The molecule has 2 rings (SSSR count). The molecule has 1 N–H and O–H groups in total. The van der Waals surface area contributed by atoms with Crippen LogP contribution in [0.4, 0.5) is 0 Å². The zero-order valence-electron chi connectivity index (χ0n) is 13.3. The van der Waals surface area contributed by atoms with Gasteiger partial charge < -0.3 is 14.8 Å². The maximum atomic E-state index is 12.2. The highest BCUT2D eigenvalue weighted by Crippen LogP contribution is 2.28. The van der Waals surface area contributed by atoms with Gasteiger partial charge in [0.05, 0.1) is 24.3 Å². The lowest BCUT2D eigenvalue weighted by Crippen LogP contribution is -2.23. The van der Waals surface area contributed by atoms with Gasteiger partial charge in [0.2, 0.25) is 0 Å². The number of halogens is 1. The molecule has 4 nitrogen and oxygen atoms in total. The number of ether oxygens (including phenoxy) is 2. The Morgan fingerprint density at radius 1 is 1.17 bits per heavy atom. The van der Waals surface area contributed by atoms with Crippen LogP contribution in [-0.4, -0.2) is 19.6 Å². The molecule has 0 aliphatic rings. The third kappa shape index (κ3) is 4.63. The van der Waals surface area contributed by atoms with Gasteiger partial charge in [-0.25, -0.2) is 0 Å². The molecule has 0 aromatic heterocycles. The first kappa shape index (κ1) is 17.2. The summed E-state index contributed by atoms with van der Waals surface area (Å²) in [6, 6.07) is 12.6. The zero-order chi connectivity index (χ0) is 16.7. The molecule has 0 bridgehead atoms. The van der Waals surface area contributed by atoms with Crippen molar-refractivity contribution in [3.05, 3.63) is 58.6 Å². The van der Waals surface area contributed by atoms with Crippen molar-refractivity contribution in [3.8, 4) is 11.5 Å². The largest absolute Gasteiger partial charge is 0.493 e. The van der Waals surface area contributed by atoms with Crippen molar-refractivity contribution < 1.29 is 14.3 Å². The van der Waals surface area contributed by atoms with Crippen LogP contribution < -0.4 is 14.8 Å². The van der Waals surface area contributed by atoms with E-state index in [1.165, 1.54) is 0 Å². The normalized spacial score (nSPS) is 10.2. The van der Waals surface area contributed by atoms with E-state index < -0.39 is 0 Å². The summed E-state index contributed by atoms with van der Waals surface area (Å²) in [5.74, 6) is 1.15. The van der Waals surface area contributed by atoms with E-state index in [-0.39, 0.29) is 5.91 Å². The van der Waals surface area contributed by atoms with Crippen molar-refractivity contribution in [2.24, 2.45) is 0 Å². The van der Waals surface area contributed by atoms with Crippen molar-refractivity contribution in [2.45, 2.75) is 19.9 Å². The summed E-state index contributed by atoms with van der Waals surface area (Å²) in [7, 11) is 1.60. The Bertz CT molecular complexity index is 673. The summed E-state index contributed by atoms with van der Waals surface area (Å²) in [5, 5.41) is 3.29.